The van der Waals surface area contributed by atoms with Crippen molar-refractivity contribution in [1.82, 2.24) is 9.88 Å². The average Bonchev–Trinajstić information content (AvgIpc) is 3.10. The Morgan fingerprint density at radius 1 is 1.09 bits per heavy atom. The highest BCUT2D eigenvalue weighted by Gasteiger charge is 2.21. The van der Waals surface area contributed by atoms with Gasteiger partial charge in [-0.15, -0.1) is 0 Å². The number of hydrogen-bond acceptors (Lipinski definition) is 7. The summed E-state index contributed by atoms with van der Waals surface area (Å²) < 4.78 is 12.7. The first kappa shape index (κ1) is 25.4. The Balaban J connectivity index is 1.67. The van der Waals surface area contributed by atoms with Crippen LogP contribution in [0.5, 0.6) is 5.75 Å². The van der Waals surface area contributed by atoms with E-state index in [0.717, 1.165) is 24.2 Å². The molecule has 0 aliphatic carbocycles. The average molecular weight is 482 g/mol. The lowest BCUT2D eigenvalue weighted by Gasteiger charge is -2.08. The Morgan fingerprint density at radius 2 is 1.80 bits per heavy atom. The van der Waals surface area contributed by atoms with Gasteiger partial charge in [0.05, 0.1) is 23.5 Å². The third-order valence-electron chi connectivity index (χ3n) is 5.41. The first-order chi connectivity index (χ1) is 16.8. The normalized spacial score (nSPS) is 10.7. The van der Waals surface area contributed by atoms with Crippen molar-refractivity contribution in [1.29, 1.82) is 0 Å². The summed E-state index contributed by atoms with van der Waals surface area (Å²) in [6, 6.07) is 10.3. The maximum Gasteiger partial charge on any atom is 0.340 e. The third-order valence-corrected chi connectivity index (χ3v) is 5.41. The summed E-state index contributed by atoms with van der Waals surface area (Å²) in [6.45, 7) is 6.66. The molecule has 1 aromatic heterocycles. The zero-order valence-corrected chi connectivity index (χ0v) is 19.8. The number of nitrogens with zero attached hydrogens (tertiary/aromatic N) is 2. The summed E-state index contributed by atoms with van der Waals surface area (Å²) >= 11 is 0. The second kappa shape index (κ2) is 11.3. The lowest BCUT2D eigenvalue weighted by atomic mass is 10.1. The van der Waals surface area contributed by atoms with Gasteiger partial charge in [-0.05, 0) is 50.6 Å². The summed E-state index contributed by atoms with van der Waals surface area (Å²) in [4.78, 5) is 47.3. The molecule has 0 spiro atoms. The van der Waals surface area contributed by atoms with Crippen molar-refractivity contribution in [3.8, 4) is 5.75 Å². The van der Waals surface area contributed by atoms with Gasteiger partial charge in [0.1, 0.15) is 5.75 Å². The maximum atomic E-state index is 12.6. The molecule has 0 saturated carbocycles. The number of nitro benzene ring substituents is 1. The minimum atomic E-state index is -0.559. The van der Waals surface area contributed by atoms with E-state index in [1.54, 1.807) is 25.1 Å². The van der Waals surface area contributed by atoms with E-state index in [9.17, 15) is 24.5 Å². The first-order valence-corrected chi connectivity index (χ1v) is 11.3. The zero-order valence-electron chi connectivity index (χ0n) is 19.8. The molecule has 10 heteroatoms. The molecule has 3 rings (SSSR count). The summed E-state index contributed by atoms with van der Waals surface area (Å²) in [5.74, 6) is -1.16. The molecule has 10 nitrogen and oxygen atoms in total. The van der Waals surface area contributed by atoms with Crippen molar-refractivity contribution in [2.75, 3.05) is 13.2 Å². The highest BCUT2D eigenvalue weighted by atomic mass is 16.6. The van der Waals surface area contributed by atoms with Crippen LogP contribution in [0.2, 0.25) is 0 Å². The second-order valence-electron chi connectivity index (χ2n) is 7.80. The monoisotopic (exact) mass is 481 g/mol. The largest absolute Gasteiger partial charge is 0.462 e. The number of esters is 2. The summed E-state index contributed by atoms with van der Waals surface area (Å²) in [5.41, 5.74) is 2.21. The van der Waals surface area contributed by atoms with Gasteiger partial charge in [-0.3, -0.25) is 19.7 Å². The van der Waals surface area contributed by atoms with Crippen LogP contribution in [0.1, 0.15) is 53.1 Å². The minimum Gasteiger partial charge on any atom is -0.462 e. The highest BCUT2D eigenvalue weighted by Crippen LogP contribution is 2.30. The molecule has 0 bridgehead atoms. The standard InChI is InChI=1S/C25H27N3O7/c1-4-14-27-16(3)23(25(31)34-5-2)20-15-19(10-11-21(20)27)35-22(29)12-13-26-24(30)17-6-8-18(9-7-17)28(32)33/h6-11,15H,4-5,12-14H2,1-3H3,(H,26,30). The fraction of sp³-hybridized carbons (Fsp3) is 0.320. The summed E-state index contributed by atoms with van der Waals surface area (Å²) in [5, 5.41) is 13.9. The Morgan fingerprint density at radius 3 is 2.43 bits per heavy atom. The van der Waals surface area contributed by atoms with Crippen LogP contribution in [0.3, 0.4) is 0 Å². The van der Waals surface area contributed by atoms with E-state index in [1.807, 2.05) is 18.4 Å². The van der Waals surface area contributed by atoms with Crippen LogP contribution in [-0.2, 0) is 16.1 Å². The number of carbonyl (C=O) groups excluding carboxylic acids is 3. The second-order valence-corrected chi connectivity index (χ2v) is 7.80. The number of hydrogen-bond donors (Lipinski definition) is 1. The topological polar surface area (TPSA) is 130 Å². The van der Waals surface area contributed by atoms with Gasteiger partial charge in [0.2, 0.25) is 0 Å². The zero-order chi connectivity index (χ0) is 25.5. The van der Waals surface area contributed by atoms with E-state index in [4.69, 9.17) is 9.47 Å². The lowest BCUT2D eigenvalue weighted by molar-refractivity contribution is -0.384. The molecule has 3 aromatic rings. The number of fused-ring (bicyclic) bond motifs is 1. The van der Waals surface area contributed by atoms with Crippen molar-refractivity contribution in [2.24, 2.45) is 0 Å². The van der Waals surface area contributed by atoms with Crippen LogP contribution in [-0.4, -0.2) is 40.5 Å². The van der Waals surface area contributed by atoms with Gasteiger partial charge in [-0.2, -0.15) is 0 Å². The van der Waals surface area contributed by atoms with E-state index in [2.05, 4.69) is 5.32 Å². The summed E-state index contributed by atoms with van der Waals surface area (Å²) in [7, 11) is 0. The molecular weight excluding hydrogens is 454 g/mol. The molecule has 0 atom stereocenters. The highest BCUT2D eigenvalue weighted by molar-refractivity contribution is 6.06. The van der Waals surface area contributed by atoms with Crippen LogP contribution >= 0.6 is 0 Å². The Labute approximate surface area is 202 Å². The van der Waals surface area contributed by atoms with Crippen molar-refractivity contribution >= 4 is 34.4 Å². The molecule has 0 fully saturated rings. The number of rotatable bonds is 10. The molecular formula is C25H27N3O7. The number of carbonyl (C=O) groups is 3. The van der Waals surface area contributed by atoms with E-state index in [0.29, 0.717) is 10.9 Å². The predicted octanol–water partition coefficient (Wildman–Crippen LogP) is 4.17. The number of benzene rings is 2. The molecule has 0 aliphatic rings. The molecule has 35 heavy (non-hydrogen) atoms. The molecule has 0 unspecified atom stereocenters. The maximum absolute atomic E-state index is 12.6. The fourth-order valence-corrected chi connectivity index (χ4v) is 3.79. The number of ether oxygens (including phenoxy) is 2. The van der Waals surface area contributed by atoms with E-state index < -0.39 is 22.8 Å². The number of nitrogens with one attached hydrogen (secondary N) is 1. The van der Waals surface area contributed by atoms with Gasteiger partial charge in [-0.1, -0.05) is 6.92 Å². The van der Waals surface area contributed by atoms with Crippen LogP contribution in [0.4, 0.5) is 5.69 Å². The first-order valence-electron chi connectivity index (χ1n) is 11.3. The van der Waals surface area contributed by atoms with Crippen molar-refractivity contribution < 1.29 is 28.8 Å². The molecule has 0 radical (unpaired) electrons. The molecule has 0 saturated heterocycles. The molecule has 184 valence electrons. The fourth-order valence-electron chi connectivity index (χ4n) is 3.79. The van der Waals surface area contributed by atoms with Crippen molar-refractivity contribution in [2.45, 2.75) is 40.2 Å². The minimum absolute atomic E-state index is 0.0248. The Bertz CT molecular complexity index is 1260. The molecule has 1 heterocycles. The SMILES string of the molecule is CCCn1c(C)c(C(=O)OCC)c2cc(OC(=O)CCNC(=O)c3ccc([N+](=O)[O-])cc3)ccc21. The molecule has 0 aliphatic heterocycles. The molecule has 1 amide bonds. The van der Waals surface area contributed by atoms with Gasteiger partial charge in [0.15, 0.2) is 0 Å². The van der Waals surface area contributed by atoms with E-state index >= 15 is 0 Å². The smallest absolute Gasteiger partial charge is 0.340 e. The number of amides is 1. The van der Waals surface area contributed by atoms with Crippen LogP contribution in [0.15, 0.2) is 42.5 Å². The molecule has 1 N–H and O–H groups in total. The lowest BCUT2D eigenvalue weighted by Crippen LogP contribution is -2.27. The third kappa shape index (κ3) is 5.84. The number of aromatic nitrogens is 1. The number of nitro groups is 1. The van der Waals surface area contributed by atoms with Gasteiger partial charge >= 0.3 is 11.9 Å². The van der Waals surface area contributed by atoms with Gasteiger partial charge in [0.25, 0.3) is 11.6 Å². The van der Waals surface area contributed by atoms with Crippen LogP contribution in [0, 0.1) is 17.0 Å². The Hall–Kier alpha value is -4.21. The van der Waals surface area contributed by atoms with Crippen LogP contribution < -0.4 is 10.1 Å². The van der Waals surface area contributed by atoms with Gasteiger partial charge in [0, 0.05) is 47.4 Å². The van der Waals surface area contributed by atoms with Gasteiger partial charge < -0.3 is 19.4 Å². The van der Waals surface area contributed by atoms with Crippen LogP contribution in [0.25, 0.3) is 10.9 Å². The quantitative estimate of drug-likeness (QED) is 0.199. The van der Waals surface area contributed by atoms with Crippen molar-refractivity contribution in [3.05, 3.63) is 69.4 Å². The Kier molecular flexibility index (Phi) is 8.19. The van der Waals surface area contributed by atoms with Crippen molar-refractivity contribution in [3.63, 3.8) is 0 Å². The molecule has 2 aromatic carbocycles. The number of non-ortho nitro benzene ring substituents is 1. The van der Waals surface area contributed by atoms with Gasteiger partial charge in [-0.25, -0.2) is 4.79 Å². The van der Waals surface area contributed by atoms with E-state index in [1.165, 1.54) is 24.3 Å². The number of aryl methyl sites for hydroxylation is 1. The predicted molar refractivity (Wildman–Crippen MR) is 129 cm³/mol. The van der Waals surface area contributed by atoms with E-state index in [-0.39, 0.29) is 36.6 Å². The summed E-state index contributed by atoms with van der Waals surface area (Å²) in [6.07, 6.45) is 0.798.